The van der Waals surface area contributed by atoms with Crippen LogP contribution in [0, 0.1) is 19.7 Å². The third-order valence-corrected chi connectivity index (χ3v) is 5.38. The van der Waals surface area contributed by atoms with E-state index in [2.05, 4.69) is 20.4 Å². The number of hydrogen-bond donors (Lipinski definition) is 3. The van der Waals surface area contributed by atoms with E-state index >= 15 is 0 Å². The number of benzene rings is 2. The first kappa shape index (κ1) is 24.4. The van der Waals surface area contributed by atoms with E-state index in [4.69, 9.17) is 17.3 Å². The fourth-order valence-corrected chi connectivity index (χ4v) is 3.78. The minimum Gasteiger partial charge on any atom is -0.382 e. The quantitative estimate of drug-likeness (QED) is 0.349. The predicted molar refractivity (Wildman–Crippen MR) is 121 cm³/mol. The SMILES string of the molecule is Cc1nc(N)c2c(n1)c(C)nn2-c1ccc(NC(=O)C(O)c2cc(F)cc(C(F)(F)F)c2)cc1Cl. The van der Waals surface area contributed by atoms with Gasteiger partial charge in [0.05, 0.1) is 22.0 Å². The van der Waals surface area contributed by atoms with Gasteiger partial charge >= 0.3 is 6.18 Å². The van der Waals surface area contributed by atoms with Crippen LogP contribution in [0.2, 0.25) is 5.02 Å². The molecule has 13 heteroatoms. The Labute approximate surface area is 200 Å². The van der Waals surface area contributed by atoms with Crippen molar-refractivity contribution in [1.82, 2.24) is 19.7 Å². The van der Waals surface area contributed by atoms with Gasteiger partial charge in [0.1, 0.15) is 22.7 Å². The molecule has 0 spiro atoms. The zero-order valence-corrected chi connectivity index (χ0v) is 18.9. The number of alkyl halides is 3. The molecule has 2 aromatic carbocycles. The van der Waals surface area contributed by atoms with Crippen molar-refractivity contribution in [1.29, 1.82) is 0 Å². The Morgan fingerprint density at radius 2 is 1.89 bits per heavy atom. The highest BCUT2D eigenvalue weighted by molar-refractivity contribution is 6.32. The number of hydrogen-bond acceptors (Lipinski definition) is 6. The molecule has 1 atom stereocenters. The van der Waals surface area contributed by atoms with E-state index < -0.39 is 35.1 Å². The number of rotatable bonds is 4. The molecule has 1 amide bonds. The number of halogens is 5. The van der Waals surface area contributed by atoms with Gasteiger partial charge in [0, 0.05) is 5.69 Å². The van der Waals surface area contributed by atoms with Crippen LogP contribution in [0.3, 0.4) is 0 Å². The van der Waals surface area contributed by atoms with Gasteiger partial charge < -0.3 is 16.2 Å². The average molecular weight is 509 g/mol. The molecule has 4 rings (SSSR count). The lowest BCUT2D eigenvalue weighted by atomic mass is 10.0. The molecule has 0 bridgehead atoms. The molecule has 2 heterocycles. The van der Waals surface area contributed by atoms with Gasteiger partial charge in [-0.05, 0) is 55.8 Å². The molecule has 0 fully saturated rings. The van der Waals surface area contributed by atoms with Crippen molar-refractivity contribution in [2.75, 3.05) is 11.1 Å². The van der Waals surface area contributed by atoms with Gasteiger partial charge in [0.15, 0.2) is 11.9 Å². The van der Waals surface area contributed by atoms with E-state index in [-0.39, 0.29) is 22.6 Å². The minimum atomic E-state index is -4.85. The largest absolute Gasteiger partial charge is 0.416 e. The third-order valence-electron chi connectivity index (χ3n) is 5.08. The summed E-state index contributed by atoms with van der Waals surface area (Å²) in [6.45, 7) is 3.43. The first-order chi connectivity index (χ1) is 16.3. The second-order valence-electron chi connectivity index (χ2n) is 7.68. The van der Waals surface area contributed by atoms with E-state index in [1.165, 1.54) is 22.9 Å². The Bertz CT molecular complexity index is 1470. The normalized spacial score (nSPS) is 12.7. The minimum absolute atomic E-state index is 0.128. The molecule has 2 aromatic heterocycles. The monoisotopic (exact) mass is 508 g/mol. The highest BCUT2D eigenvalue weighted by atomic mass is 35.5. The standard InChI is InChI=1S/C22H17ClF4N6O2/c1-9-17-18(20(28)30-10(2)29-17)33(32-9)16-4-3-14(8-15(16)23)31-21(35)19(34)11-5-12(22(25,26)27)7-13(24)6-11/h3-8,19,34H,1-2H3,(H,31,35)(H2,28,29,30). The number of carbonyl (C=O) groups excluding carboxylic acids is 1. The summed E-state index contributed by atoms with van der Waals surface area (Å²) in [6.07, 6.45) is -6.92. The van der Waals surface area contributed by atoms with Crippen molar-refractivity contribution >= 4 is 40.0 Å². The number of amides is 1. The highest BCUT2D eigenvalue weighted by Crippen LogP contribution is 2.33. The van der Waals surface area contributed by atoms with Gasteiger partial charge in [0.2, 0.25) is 0 Å². The molecule has 0 aliphatic heterocycles. The number of aryl methyl sites for hydroxylation is 2. The van der Waals surface area contributed by atoms with Crippen LogP contribution >= 0.6 is 11.6 Å². The van der Waals surface area contributed by atoms with E-state index in [9.17, 15) is 27.5 Å². The van der Waals surface area contributed by atoms with Crippen molar-refractivity contribution in [2.45, 2.75) is 26.1 Å². The second kappa shape index (κ2) is 8.78. The van der Waals surface area contributed by atoms with Crippen molar-refractivity contribution in [2.24, 2.45) is 0 Å². The zero-order valence-electron chi connectivity index (χ0n) is 18.2. The fraction of sp³-hybridized carbons (Fsp3) is 0.182. The lowest BCUT2D eigenvalue weighted by Crippen LogP contribution is -2.21. The molecule has 0 aliphatic rings. The van der Waals surface area contributed by atoms with Crippen molar-refractivity contribution in [3.05, 3.63) is 69.9 Å². The summed E-state index contributed by atoms with van der Waals surface area (Å²) in [5.74, 6) is -1.66. The Balaban J connectivity index is 1.62. The first-order valence-corrected chi connectivity index (χ1v) is 10.4. The molecular formula is C22H17ClF4N6O2. The summed E-state index contributed by atoms with van der Waals surface area (Å²) in [6, 6.07) is 5.72. The smallest absolute Gasteiger partial charge is 0.382 e. The fourth-order valence-electron chi connectivity index (χ4n) is 3.52. The molecule has 1 unspecified atom stereocenters. The number of nitrogens with one attached hydrogen (secondary N) is 1. The Morgan fingerprint density at radius 3 is 2.54 bits per heavy atom. The van der Waals surface area contributed by atoms with Crippen LogP contribution < -0.4 is 11.1 Å². The maximum atomic E-state index is 13.6. The summed E-state index contributed by atoms with van der Waals surface area (Å²) >= 11 is 6.40. The lowest BCUT2D eigenvalue weighted by molar-refractivity contribution is -0.138. The van der Waals surface area contributed by atoms with E-state index in [0.29, 0.717) is 40.4 Å². The van der Waals surface area contributed by atoms with Crippen LogP contribution in [-0.2, 0) is 11.0 Å². The molecule has 8 nitrogen and oxygen atoms in total. The summed E-state index contributed by atoms with van der Waals surface area (Å²) in [5.41, 5.74) is 6.26. The first-order valence-electron chi connectivity index (χ1n) is 10.0. The maximum Gasteiger partial charge on any atom is 0.416 e. The molecule has 4 N–H and O–H groups in total. The van der Waals surface area contributed by atoms with Crippen LogP contribution in [0.25, 0.3) is 16.7 Å². The van der Waals surface area contributed by atoms with Crippen molar-refractivity contribution in [3.8, 4) is 5.69 Å². The van der Waals surface area contributed by atoms with E-state index in [0.717, 1.165) is 0 Å². The van der Waals surface area contributed by atoms with Gasteiger partial charge in [-0.15, -0.1) is 0 Å². The topological polar surface area (TPSA) is 119 Å². The zero-order chi connectivity index (χ0) is 25.7. The van der Waals surface area contributed by atoms with Gasteiger partial charge in [-0.1, -0.05) is 11.6 Å². The van der Waals surface area contributed by atoms with Crippen LogP contribution in [0.1, 0.15) is 28.7 Å². The molecule has 0 radical (unpaired) electrons. The number of carbonyl (C=O) groups is 1. The molecule has 0 saturated carbocycles. The number of aliphatic hydroxyl groups excluding tert-OH is 1. The van der Waals surface area contributed by atoms with Crippen LogP contribution in [-0.4, -0.2) is 30.8 Å². The number of anilines is 2. The third kappa shape index (κ3) is 4.75. The van der Waals surface area contributed by atoms with Crippen LogP contribution in [0.4, 0.5) is 29.1 Å². The van der Waals surface area contributed by atoms with Crippen LogP contribution in [0.15, 0.2) is 36.4 Å². The molecule has 35 heavy (non-hydrogen) atoms. The summed E-state index contributed by atoms with van der Waals surface area (Å²) in [4.78, 5) is 20.9. The Morgan fingerprint density at radius 1 is 1.17 bits per heavy atom. The number of nitrogen functional groups attached to an aromatic ring is 1. The maximum absolute atomic E-state index is 13.6. The Kier molecular flexibility index (Phi) is 6.11. The summed E-state index contributed by atoms with van der Waals surface area (Å²) in [7, 11) is 0. The molecular weight excluding hydrogens is 492 g/mol. The van der Waals surface area contributed by atoms with Crippen molar-refractivity contribution in [3.63, 3.8) is 0 Å². The number of nitrogens with two attached hydrogens (primary N) is 1. The number of aromatic nitrogens is 4. The lowest BCUT2D eigenvalue weighted by Gasteiger charge is -2.15. The average Bonchev–Trinajstić information content (AvgIpc) is 3.08. The van der Waals surface area contributed by atoms with E-state index in [1.54, 1.807) is 13.8 Å². The van der Waals surface area contributed by atoms with Gasteiger partial charge in [0.25, 0.3) is 5.91 Å². The summed E-state index contributed by atoms with van der Waals surface area (Å²) in [5, 5.41) is 17.1. The molecule has 0 aliphatic carbocycles. The van der Waals surface area contributed by atoms with E-state index in [1.807, 2.05) is 0 Å². The van der Waals surface area contributed by atoms with Crippen LogP contribution in [0.5, 0.6) is 0 Å². The number of aliphatic hydroxyl groups is 1. The molecule has 4 aromatic rings. The number of nitrogens with zero attached hydrogens (tertiary/aromatic N) is 4. The predicted octanol–water partition coefficient (Wildman–Crippen LogP) is 4.50. The van der Waals surface area contributed by atoms with Gasteiger partial charge in [-0.2, -0.15) is 18.3 Å². The van der Waals surface area contributed by atoms with Gasteiger partial charge in [-0.3, -0.25) is 4.79 Å². The second-order valence-corrected chi connectivity index (χ2v) is 8.09. The Hall–Kier alpha value is -3.77. The molecule has 182 valence electrons. The summed E-state index contributed by atoms with van der Waals surface area (Å²) < 4.78 is 53.9. The highest BCUT2D eigenvalue weighted by Gasteiger charge is 2.32. The van der Waals surface area contributed by atoms with Gasteiger partial charge in [-0.25, -0.2) is 19.0 Å². The van der Waals surface area contributed by atoms with Crippen molar-refractivity contribution < 1.29 is 27.5 Å². The number of fused-ring (bicyclic) bond motifs is 1. The molecule has 0 saturated heterocycles.